The van der Waals surface area contributed by atoms with E-state index in [-0.39, 0.29) is 18.4 Å². The maximum atomic E-state index is 11.8. The zero-order valence-corrected chi connectivity index (χ0v) is 13.7. The fourth-order valence-corrected chi connectivity index (χ4v) is 2.26. The lowest BCUT2D eigenvalue weighted by molar-refractivity contribution is -0.137. The van der Waals surface area contributed by atoms with Crippen LogP contribution in [-0.4, -0.2) is 23.0 Å². The Balaban J connectivity index is 3.96. The molecule has 4 nitrogen and oxygen atoms in total. The van der Waals surface area contributed by atoms with Crippen LogP contribution in [0.25, 0.3) is 0 Å². The SMILES string of the molecule is CCCCCC/C=C/CC(=O)NC(CC(=O)O)CC(C)C. The molecule has 0 bridgehead atoms. The van der Waals surface area contributed by atoms with Crippen LogP contribution in [0.1, 0.15) is 72.1 Å². The van der Waals surface area contributed by atoms with Crippen LogP contribution in [0.3, 0.4) is 0 Å². The van der Waals surface area contributed by atoms with E-state index in [4.69, 9.17) is 5.11 Å². The maximum Gasteiger partial charge on any atom is 0.305 e. The van der Waals surface area contributed by atoms with E-state index in [1.807, 2.05) is 26.0 Å². The summed E-state index contributed by atoms with van der Waals surface area (Å²) in [6.07, 6.45) is 10.9. The average Bonchev–Trinajstić information content (AvgIpc) is 2.36. The van der Waals surface area contributed by atoms with Crippen molar-refractivity contribution in [3.63, 3.8) is 0 Å². The highest BCUT2D eigenvalue weighted by atomic mass is 16.4. The fraction of sp³-hybridized carbons (Fsp3) is 0.765. The first-order chi connectivity index (χ1) is 9.95. The highest BCUT2D eigenvalue weighted by Crippen LogP contribution is 2.08. The molecule has 0 saturated heterocycles. The average molecular weight is 297 g/mol. The van der Waals surface area contributed by atoms with Gasteiger partial charge in [0.25, 0.3) is 0 Å². The van der Waals surface area contributed by atoms with Crippen molar-refractivity contribution in [3.8, 4) is 0 Å². The van der Waals surface area contributed by atoms with Crippen LogP contribution in [0.2, 0.25) is 0 Å². The van der Waals surface area contributed by atoms with Gasteiger partial charge in [0.15, 0.2) is 0 Å². The standard InChI is InChI=1S/C17H31NO3/c1-4-5-6-7-8-9-10-11-16(19)18-15(12-14(2)3)13-17(20)21/h9-10,14-15H,4-8,11-13H2,1-3H3,(H,18,19)(H,20,21)/b10-9+. The zero-order chi connectivity index (χ0) is 16.1. The van der Waals surface area contributed by atoms with Gasteiger partial charge in [0.1, 0.15) is 0 Å². The van der Waals surface area contributed by atoms with Gasteiger partial charge in [0.05, 0.1) is 6.42 Å². The quantitative estimate of drug-likeness (QED) is 0.424. The third-order valence-corrected chi connectivity index (χ3v) is 3.24. The van der Waals surface area contributed by atoms with Crippen LogP contribution in [0, 0.1) is 5.92 Å². The van der Waals surface area contributed by atoms with Gasteiger partial charge in [0.2, 0.25) is 5.91 Å². The first-order valence-corrected chi connectivity index (χ1v) is 8.11. The Morgan fingerprint density at radius 3 is 2.43 bits per heavy atom. The summed E-state index contributed by atoms with van der Waals surface area (Å²) in [6.45, 7) is 6.24. The Labute approximate surface area is 129 Å². The predicted octanol–water partition coefficient (Wildman–Crippen LogP) is 3.91. The van der Waals surface area contributed by atoms with Crippen molar-refractivity contribution in [1.29, 1.82) is 0 Å². The van der Waals surface area contributed by atoms with Crippen LogP contribution in [-0.2, 0) is 9.59 Å². The van der Waals surface area contributed by atoms with E-state index in [0.717, 1.165) is 6.42 Å². The van der Waals surface area contributed by atoms with E-state index in [0.29, 0.717) is 18.8 Å². The summed E-state index contributed by atoms with van der Waals surface area (Å²) in [6, 6.07) is -0.270. The van der Waals surface area contributed by atoms with Crippen molar-refractivity contribution in [3.05, 3.63) is 12.2 Å². The minimum atomic E-state index is -0.868. The normalized spacial score (nSPS) is 12.8. The van der Waals surface area contributed by atoms with E-state index in [9.17, 15) is 9.59 Å². The van der Waals surface area contributed by atoms with Gasteiger partial charge in [-0.05, 0) is 25.2 Å². The van der Waals surface area contributed by atoms with Gasteiger partial charge < -0.3 is 10.4 Å². The van der Waals surface area contributed by atoms with Gasteiger partial charge in [-0.2, -0.15) is 0 Å². The number of rotatable bonds is 12. The molecular formula is C17H31NO3. The molecule has 0 saturated carbocycles. The number of carbonyl (C=O) groups is 2. The minimum absolute atomic E-state index is 0.00927. The largest absolute Gasteiger partial charge is 0.481 e. The number of allylic oxidation sites excluding steroid dienone is 1. The first-order valence-electron chi connectivity index (χ1n) is 8.11. The lowest BCUT2D eigenvalue weighted by Crippen LogP contribution is -2.37. The lowest BCUT2D eigenvalue weighted by Gasteiger charge is -2.18. The molecule has 0 aromatic rings. The second-order valence-corrected chi connectivity index (χ2v) is 6.02. The molecule has 0 radical (unpaired) electrons. The molecule has 0 heterocycles. The van der Waals surface area contributed by atoms with Crippen molar-refractivity contribution >= 4 is 11.9 Å². The molecule has 21 heavy (non-hydrogen) atoms. The molecule has 0 fully saturated rings. The molecule has 0 aliphatic carbocycles. The van der Waals surface area contributed by atoms with Crippen LogP contribution in [0.4, 0.5) is 0 Å². The number of aliphatic carboxylic acids is 1. The van der Waals surface area contributed by atoms with Gasteiger partial charge in [-0.3, -0.25) is 9.59 Å². The predicted molar refractivity (Wildman–Crippen MR) is 86.2 cm³/mol. The summed E-state index contributed by atoms with van der Waals surface area (Å²) in [7, 11) is 0. The van der Waals surface area contributed by atoms with E-state index < -0.39 is 5.97 Å². The van der Waals surface area contributed by atoms with E-state index in [1.54, 1.807) is 0 Å². The van der Waals surface area contributed by atoms with Crippen molar-refractivity contribution < 1.29 is 14.7 Å². The number of carboxylic acid groups (broad SMARTS) is 1. The first kappa shape index (κ1) is 19.7. The molecule has 1 atom stereocenters. The van der Waals surface area contributed by atoms with E-state index in [1.165, 1.54) is 25.7 Å². The Hall–Kier alpha value is -1.32. The molecule has 122 valence electrons. The van der Waals surface area contributed by atoms with Gasteiger partial charge >= 0.3 is 5.97 Å². The van der Waals surface area contributed by atoms with Crippen molar-refractivity contribution in [2.24, 2.45) is 5.92 Å². The molecule has 2 N–H and O–H groups in total. The van der Waals surface area contributed by atoms with Gasteiger partial charge in [-0.15, -0.1) is 0 Å². The smallest absolute Gasteiger partial charge is 0.305 e. The van der Waals surface area contributed by atoms with Crippen molar-refractivity contribution in [1.82, 2.24) is 5.32 Å². The summed E-state index contributed by atoms with van der Waals surface area (Å²) in [5.41, 5.74) is 0. The number of carboxylic acids is 1. The molecule has 0 aliphatic heterocycles. The molecule has 0 spiro atoms. The Kier molecular flexibility index (Phi) is 11.6. The highest BCUT2D eigenvalue weighted by molar-refractivity contribution is 5.78. The van der Waals surface area contributed by atoms with Crippen molar-refractivity contribution in [2.45, 2.75) is 78.2 Å². The fourth-order valence-electron chi connectivity index (χ4n) is 2.26. The topological polar surface area (TPSA) is 66.4 Å². The molecule has 1 unspecified atom stereocenters. The number of carbonyl (C=O) groups excluding carboxylic acids is 1. The highest BCUT2D eigenvalue weighted by Gasteiger charge is 2.16. The van der Waals surface area contributed by atoms with Gasteiger partial charge in [-0.1, -0.05) is 52.2 Å². The zero-order valence-electron chi connectivity index (χ0n) is 13.7. The van der Waals surface area contributed by atoms with E-state index in [2.05, 4.69) is 12.2 Å². The van der Waals surface area contributed by atoms with Crippen LogP contribution < -0.4 is 5.32 Å². The van der Waals surface area contributed by atoms with Crippen LogP contribution in [0.5, 0.6) is 0 Å². The minimum Gasteiger partial charge on any atom is -0.481 e. The third kappa shape index (κ3) is 13.4. The second kappa shape index (κ2) is 12.4. The Bertz CT molecular complexity index is 324. The molecule has 0 aromatic heterocycles. The van der Waals surface area contributed by atoms with E-state index >= 15 is 0 Å². The Morgan fingerprint density at radius 2 is 1.86 bits per heavy atom. The molecule has 1 amide bonds. The number of amides is 1. The number of hydrogen-bond donors (Lipinski definition) is 2. The maximum absolute atomic E-state index is 11.8. The monoisotopic (exact) mass is 297 g/mol. The third-order valence-electron chi connectivity index (χ3n) is 3.24. The molecule has 0 aliphatic rings. The molecular weight excluding hydrogens is 266 g/mol. The number of hydrogen-bond acceptors (Lipinski definition) is 2. The van der Waals surface area contributed by atoms with Gasteiger partial charge in [-0.25, -0.2) is 0 Å². The van der Waals surface area contributed by atoms with Crippen molar-refractivity contribution in [2.75, 3.05) is 0 Å². The number of nitrogens with one attached hydrogen (secondary N) is 1. The summed E-state index contributed by atoms with van der Waals surface area (Å²) < 4.78 is 0. The van der Waals surface area contributed by atoms with Gasteiger partial charge in [0, 0.05) is 12.5 Å². The van der Waals surface area contributed by atoms with Crippen LogP contribution >= 0.6 is 0 Å². The summed E-state index contributed by atoms with van der Waals surface area (Å²) in [5.74, 6) is -0.595. The molecule has 0 rings (SSSR count). The lowest BCUT2D eigenvalue weighted by atomic mass is 10.0. The summed E-state index contributed by atoms with van der Waals surface area (Å²) in [5, 5.41) is 11.7. The van der Waals surface area contributed by atoms with Crippen LogP contribution in [0.15, 0.2) is 12.2 Å². The Morgan fingerprint density at radius 1 is 1.14 bits per heavy atom. The summed E-state index contributed by atoms with van der Waals surface area (Å²) in [4.78, 5) is 22.6. The molecule has 4 heteroatoms. The summed E-state index contributed by atoms with van der Waals surface area (Å²) >= 11 is 0. The molecule has 0 aromatic carbocycles. The second-order valence-electron chi connectivity index (χ2n) is 6.02. The number of unbranched alkanes of at least 4 members (excludes halogenated alkanes) is 4.